The molecule has 1 atom stereocenters. The van der Waals surface area contributed by atoms with Crippen LogP contribution < -0.4 is 0 Å². The number of aromatic nitrogens is 3. The molecule has 0 unspecified atom stereocenters. The van der Waals surface area contributed by atoms with Gasteiger partial charge in [0, 0.05) is 50.5 Å². The first-order valence-electron chi connectivity index (χ1n) is 10.6. The topological polar surface area (TPSA) is 64.8 Å². The monoisotopic (exact) mass is 465 g/mol. The average molecular weight is 466 g/mol. The van der Waals surface area contributed by atoms with Crippen LogP contribution >= 0.6 is 23.8 Å². The molecule has 1 aromatic heterocycles. The molecule has 31 heavy (non-hydrogen) atoms. The second-order valence-electron chi connectivity index (χ2n) is 7.84. The summed E-state index contributed by atoms with van der Waals surface area (Å²) in [4.78, 5) is 16.8. The van der Waals surface area contributed by atoms with Crippen molar-refractivity contribution in [2.75, 3.05) is 46.5 Å². The van der Waals surface area contributed by atoms with Crippen LogP contribution in [-0.4, -0.2) is 82.7 Å². The third kappa shape index (κ3) is 5.18. The van der Waals surface area contributed by atoms with Crippen molar-refractivity contribution >= 4 is 29.7 Å². The van der Waals surface area contributed by atoms with Crippen molar-refractivity contribution in [2.45, 2.75) is 32.2 Å². The minimum atomic E-state index is -0.251. The van der Waals surface area contributed by atoms with Gasteiger partial charge in [0.1, 0.15) is 6.10 Å². The highest BCUT2D eigenvalue weighted by Gasteiger charge is 2.30. The lowest BCUT2D eigenvalue weighted by Gasteiger charge is -2.35. The minimum absolute atomic E-state index is 0.127. The lowest BCUT2D eigenvalue weighted by atomic mass is 10.2. The number of hydrogen-bond donors (Lipinski definition) is 0. The summed E-state index contributed by atoms with van der Waals surface area (Å²) in [6, 6.07) is 7.60. The number of carbonyl (C=O) groups excluding carboxylic acids is 1. The quantitative estimate of drug-likeness (QED) is 0.586. The number of halogens is 1. The number of methoxy groups -OCH3 is 1. The lowest BCUT2D eigenvalue weighted by molar-refractivity contribution is -0.142. The first-order chi connectivity index (χ1) is 15.1. The van der Waals surface area contributed by atoms with Crippen molar-refractivity contribution in [1.29, 1.82) is 0 Å². The van der Waals surface area contributed by atoms with Gasteiger partial charge in [0.2, 0.25) is 0 Å². The second-order valence-corrected chi connectivity index (χ2v) is 8.65. The van der Waals surface area contributed by atoms with Gasteiger partial charge in [0.05, 0.1) is 19.8 Å². The van der Waals surface area contributed by atoms with Gasteiger partial charge in [-0.05, 0) is 49.3 Å². The maximum Gasteiger partial charge on any atom is 0.251 e. The summed E-state index contributed by atoms with van der Waals surface area (Å²) in [7, 11) is 1.67. The van der Waals surface area contributed by atoms with E-state index in [-0.39, 0.29) is 12.0 Å². The van der Waals surface area contributed by atoms with Gasteiger partial charge in [0.15, 0.2) is 10.6 Å². The van der Waals surface area contributed by atoms with E-state index in [0.29, 0.717) is 49.3 Å². The zero-order chi connectivity index (χ0) is 21.8. The van der Waals surface area contributed by atoms with Crippen molar-refractivity contribution in [3.8, 4) is 11.4 Å². The number of benzene rings is 1. The van der Waals surface area contributed by atoms with Gasteiger partial charge < -0.3 is 14.4 Å². The molecule has 2 aliphatic heterocycles. The third-order valence-corrected chi connectivity index (χ3v) is 6.45. The van der Waals surface area contributed by atoms with E-state index < -0.39 is 0 Å². The van der Waals surface area contributed by atoms with Crippen molar-refractivity contribution in [2.24, 2.45) is 0 Å². The fourth-order valence-electron chi connectivity index (χ4n) is 4.00. The third-order valence-electron chi connectivity index (χ3n) is 5.77. The average Bonchev–Trinajstić information content (AvgIpc) is 3.42. The zero-order valence-corrected chi connectivity index (χ0v) is 19.3. The standard InChI is InChI=1S/C21H28ClN5O3S/c1-29-14-12-26-19(16-4-6-17(22)7-5-16)23-27(21(26)31)15-24-8-10-25(11-9-24)20(28)18-3-2-13-30-18/h4-7,18H,2-3,8-15H2,1H3/t18-/m1/s1. The Labute approximate surface area is 192 Å². The van der Waals surface area contributed by atoms with E-state index in [9.17, 15) is 4.79 Å². The number of piperazine rings is 1. The van der Waals surface area contributed by atoms with E-state index in [2.05, 4.69) is 4.90 Å². The molecule has 4 rings (SSSR count). The van der Waals surface area contributed by atoms with E-state index >= 15 is 0 Å². The number of amides is 1. The van der Waals surface area contributed by atoms with Crippen molar-refractivity contribution in [3.63, 3.8) is 0 Å². The van der Waals surface area contributed by atoms with Gasteiger partial charge in [-0.15, -0.1) is 0 Å². The SMILES string of the molecule is COCCn1c(-c2ccc(Cl)cc2)nn(CN2CCN(C(=O)[C@H]3CCCO3)CC2)c1=S. The Morgan fingerprint density at radius 1 is 1.26 bits per heavy atom. The summed E-state index contributed by atoms with van der Waals surface area (Å²) < 4.78 is 15.3. The van der Waals surface area contributed by atoms with Gasteiger partial charge in [-0.2, -0.15) is 5.10 Å². The van der Waals surface area contributed by atoms with E-state index in [1.54, 1.807) is 7.11 Å². The molecule has 0 spiro atoms. The van der Waals surface area contributed by atoms with Crippen LogP contribution in [0.25, 0.3) is 11.4 Å². The molecule has 1 amide bonds. The zero-order valence-electron chi connectivity index (χ0n) is 17.7. The molecule has 2 saturated heterocycles. The Kier molecular flexibility index (Phi) is 7.39. The number of nitrogens with zero attached hydrogens (tertiary/aromatic N) is 5. The maximum atomic E-state index is 12.6. The Hall–Kier alpha value is -1.78. The highest BCUT2D eigenvalue weighted by atomic mass is 35.5. The molecule has 0 bridgehead atoms. The van der Waals surface area contributed by atoms with Crippen LogP contribution in [-0.2, 0) is 27.5 Å². The predicted octanol–water partition coefficient (Wildman–Crippen LogP) is 2.66. The van der Waals surface area contributed by atoms with Crippen molar-refractivity contribution in [3.05, 3.63) is 34.1 Å². The van der Waals surface area contributed by atoms with E-state index in [0.717, 1.165) is 37.3 Å². The summed E-state index contributed by atoms with van der Waals surface area (Å²) in [5.74, 6) is 0.925. The van der Waals surface area contributed by atoms with Crippen LogP contribution in [0.1, 0.15) is 12.8 Å². The first kappa shape index (κ1) is 22.4. The molecule has 168 valence electrons. The highest BCUT2D eigenvalue weighted by molar-refractivity contribution is 7.71. The normalized spacial score (nSPS) is 19.8. The Bertz CT molecular complexity index is 947. The Balaban J connectivity index is 1.45. The second kappa shape index (κ2) is 10.2. The largest absolute Gasteiger partial charge is 0.383 e. The van der Waals surface area contributed by atoms with Gasteiger partial charge in [-0.3, -0.25) is 14.3 Å². The molecule has 2 aromatic rings. The van der Waals surface area contributed by atoms with Crippen LogP contribution in [0.3, 0.4) is 0 Å². The molecule has 10 heteroatoms. The molecule has 1 aromatic carbocycles. The molecule has 0 N–H and O–H groups in total. The number of carbonyl (C=O) groups is 1. The van der Waals surface area contributed by atoms with Crippen molar-refractivity contribution < 1.29 is 14.3 Å². The molecular formula is C21H28ClN5O3S. The Morgan fingerprint density at radius 3 is 2.65 bits per heavy atom. The molecule has 3 heterocycles. The molecule has 8 nitrogen and oxygen atoms in total. The highest BCUT2D eigenvalue weighted by Crippen LogP contribution is 2.22. The lowest BCUT2D eigenvalue weighted by Crippen LogP contribution is -2.51. The summed E-state index contributed by atoms with van der Waals surface area (Å²) >= 11 is 11.8. The van der Waals surface area contributed by atoms with Gasteiger partial charge >= 0.3 is 0 Å². The van der Waals surface area contributed by atoms with Gasteiger partial charge in [-0.1, -0.05) is 11.6 Å². The fraction of sp³-hybridized carbons (Fsp3) is 0.571. The molecule has 2 aliphatic rings. The summed E-state index contributed by atoms with van der Waals surface area (Å²) in [6.45, 7) is 5.39. The van der Waals surface area contributed by atoms with Crippen LogP contribution in [0, 0.1) is 4.77 Å². The van der Waals surface area contributed by atoms with Crippen LogP contribution in [0.4, 0.5) is 0 Å². The number of rotatable bonds is 7. The molecule has 0 radical (unpaired) electrons. The maximum absolute atomic E-state index is 12.6. The molecular weight excluding hydrogens is 438 g/mol. The number of hydrogen-bond acceptors (Lipinski definition) is 6. The summed E-state index contributed by atoms with van der Waals surface area (Å²) in [5, 5.41) is 5.49. The fourth-order valence-corrected chi connectivity index (χ4v) is 4.41. The summed E-state index contributed by atoms with van der Waals surface area (Å²) in [5.41, 5.74) is 0.956. The predicted molar refractivity (Wildman–Crippen MR) is 121 cm³/mol. The van der Waals surface area contributed by atoms with E-state index in [1.165, 1.54) is 0 Å². The van der Waals surface area contributed by atoms with Crippen LogP contribution in [0.2, 0.25) is 5.02 Å². The van der Waals surface area contributed by atoms with Crippen LogP contribution in [0.15, 0.2) is 24.3 Å². The van der Waals surface area contributed by atoms with E-state index in [1.807, 2.05) is 38.4 Å². The van der Waals surface area contributed by atoms with Gasteiger partial charge in [0.25, 0.3) is 5.91 Å². The molecule has 2 fully saturated rings. The Morgan fingerprint density at radius 2 is 2.00 bits per heavy atom. The summed E-state index contributed by atoms with van der Waals surface area (Å²) in [6.07, 6.45) is 1.55. The smallest absolute Gasteiger partial charge is 0.251 e. The van der Waals surface area contributed by atoms with E-state index in [4.69, 9.17) is 38.4 Å². The minimum Gasteiger partial charge on any atom is -0.383 e. The molecule has 0 aliphatic carbocycles. The van der Waals surface area contributed by atoms with Crippen molar-refractivity contribution in [1.82, 2.24) is 24.1 Å². The number of ether oxygens (including phenoxy) is 2. The first-order valence-corrected chi connectivity index (χ1v) is 11.4. The molecule has 0 saturated carbocycles. The van der Waals surface area contributed by atoms with Gasteiger partial charge in [-0.25, -0.2) is 4.68 Å². The van der Waals surface area contributed by atoms with Crippen LogP contribution in [0.5, 0.6) is 0 Å².